The lowest BCUT2D eigenvalue weighted by Gasteiger charge is -2.18. The van der Waals surface area contributed by atoms with E-state index in [1.54, 1.807) is 0 Å². The number of carbonyl (C=O) groups excluding carboxylic acids is 2. The van der Waals surface area contributed by atoms with Crippen molar-refractivity contribution in [2.24, 2.45) is 5.92 Å². The summed E-state index contributed by atoms with van der Waals surface area (Å²) in [5, 5.41) is 5.52. The van der Waals surface area contributed by atoms with Crippen LogP contribution in [0.25, 0.3) is 0 Å². The number of rotatable bonds is 8. The van der Waals surface area contributed by atoms with Crippen LogP contribution in [0.5, 0.6) is 0 Å². The quantitative estimate of drug-likeness (QED) is 0.762. The highest BCUT2D eigenvalue weighted by atomic mass is 16.5. The second-order valence-corrected chi connectivity index (χ2v) is 5.38. The fourth-order valence-corrected chi connectivity index (χ4v) is 1.88. The highest BCUT2D eigenvalue weighted by Crippen LogP contribution is 2.01. The summed E-state index contributed by atoms with van der Waals surface area (Å²) in [6.07, 6.45) is 0.395. The van der Waals surface area contributed by atoms with E-state index in [1.165, 1.54) is 7.11 Å². The van der Waals surface area contributed by atoms with Crippen LogP contribution >= 0.6 is 0 Å². The molecule has 0 unspecified atom stereocenters. The summed E-state index contributed by atoms with van der Waals surface area (Å²) in [6, 6.07) is 8.96. The van der Waals surface area contributed by atoms with E-state index in [2.05, 4.69) is 10.6 Å². The van der Waals surface area contributed by atoms with Crippen molar-refractivity contribution in [1.29, 1.82) is 0 Å². The largest absolute Gasteiger partial charge is 0.382 e. The number of ether oxygens (including phenoxy) is 1. The fourth-order valence-electron chi connectivity index (χ4n) is 1.88. The standard InChI is InChI=1S/C16H24N2O3/c1-12(2)9-15(19)18-14(11-21-3)16(20)17-10-13-7-5-4-6-8-13/h4-8,12,14H,9-11H2,1-3H3,(H,17,20)(H,18,19)/t14-/m0/s1. The maximum atomic E-state index is 12.1. The monoisotopic (exact) mass is 292 g/mol. The molecule has 1 atom stereocenters. The van der Waals surface area contributed by atoms with Crippen LogP contribution in [0.4, 0.5) is 0 Å². The van der Waals surface area contributed by atoms with Crippen molar-refractivity contribution in [2.45, 2.75) is 32.9 Å². The van der Waals surface area contributed by atoms with E-state index < -0.39 is 6.04 Å². The molecule has 5 heteroatoms. The van der Waals surface area contributed by atoms with Gasteiger partial charge < -0.3 is 15.4 Å². The van der Waals surface area contributed by atoms with Gasteiger partial charge in [0.15, 0.2) is 0 Å². The van der Waals surface area contributed by atoms with Gasteiger partial charge in [0.05, 0.1) is 6.61 Å². The summed E-state index contributed by atoms with van der Waals surface area (Å²) in [5.41, 5.74) is 1.01. The summed E-state index contributed by atoms with van der Waals surface area (Å²) in [6.45, 7) is 4.51. The SMILES string of the molecule is COC[C@H](NC(=O)CC(C)C)C(=O)NCc1ccccc1. The molecule has 0 bridgehead atoms. The van der Waals surface area contributed by atoms with Crippen LogP contribution in [0.1, 0.15) is 25.8 Å². The number of hydrogen-bond donors (Lipinski definition) is 2. The molecule has 0 aromatic heterocycles. The minimum atomic E-state index is -0.662. The molecule has 0 radical (unpaired) electrons. The first kappa shape index (κ1) is 17.2. The lowest BCUT2D eigenvalue weighted by atomic mass is 10.1. The first-order valence-electron chi connectivity index (χ1n) is 7.13. The predicted molar refractivity (Wildman–Crippen MR) is 81.6 cm³/mol. The van der Waals surface area contributed by atoms with Gasteiger partial charge in [0.1, 0.15) is 6.04 Å². The van der Waals surface area contributed by atoms with Crippen molar-refractivity contribution in [3.63, 3.8) is 0 Å². The van der Waals surface area contributed by atoms with E-state index in [9.17, 15) is 9.59 Å². The van der Waals surface area contributed by atoms with Crippen LogP contribution in [-0.2, 0) is 20.9 Å². The van der Waals surface area contributed by atoms with E-state index in [-0.39, 0.29) is 24.3 Å². The third-order valence-electron chi connectivity index (χ3n) is 2.89. The Morgan fingerprint density at radius 3 is 2.43 bits per heavy atom. The normalized spacial score (nSPS) is 12.0. The summed E-state index contributed by atoms with van der Waals surface area (Å²) >= 11 is 0. The number of methoxy groups -OCH3 is 1. The van der Waals surface area contributed by atoms with Crippen molar-refractivity contribution in [2.75, 3.05) is 13.7 Å². The van der Waals surface area contributed by atoms with Crippen molar-refractivity contribution in [1.82, 2.24) is 10.6 Å². The third-order valence-corrected chi connectivity index (χ3v) is 2.89. The van der Waals surface area contributed by atoms with Crippen molar-refractivity contribution < 1.29 is 14.3 Å². The number of hydrogen-bond acceptors (Lipinski definition) is 3. The first-order chi connectivity index (χ1) is 10.0. The molecule has 5 nitrogen and oxygen atoms in total. The summed E-state index contributed by atoms with van der Waals surface area (Å²) in [7, 11) is 1.51. The smallest absolute Gasteiger partial charge is 0.245 e. The van der Waals surface area contributed by atoms with Crippen molar-refractivity contribution >= 4 is 11.8 Å². The van der Waals surface area contributed by atoms with E-state index >= 15 is 0 Å². The zero-order chi connectivity index (χ0) is 15.7. The Balaban J connectivity index is 2.50. The molecule has 116 valence electrons. The topological polar surface area (TPSA) is 67.4 Å². The number of benzene rings is 1. The van der Waals surface area contributed by atoms with Crippen LogP contribution < -0.4 is 10.6 Å². The lowest BCUT2D eigenvalue weighted by Crippen LogP contribution is -2.49. The number of amides is 2. The Bertz CT molecular complexity index is 446. The number of nitrogens with one attached hydrogen (secondary N) is 2. The van der Waals surface area contributed by atoms with E-state index in [1.807, 2.05) is 44.2 Å². The molecule has 0 saturated heterocycles. The highest BCUT2D eigenvalue weighted by molar-refractivity contribution is 5.87. The molecule has 0 fully saturated rings. The van der Waals surface area contributed by atoms with Gasteiger partial charge >= 0.3 is 0 Å². The second-order valence-electron chi connectivity index (χ2n) is 5.38. The molecule has 0 saturated carbocycles. The Morgan fingerprint density at radius 1 is 1.19 bits per heavy atom. The van der Waals surface area contributed by atoms with Gasteiger partial charge in [-0.05, 0) is 11.5 Å². The molecule has 0 heterocycles. The van der Waals surface area contributed by atoms with Gasteiger partial charge in [-0.2, -0.15) is 0 Å². The molecule has 2 N–H and O–H groups in total. The van der Waals surface area contributed by atoms with Gasteiger partial charge in [-0.3, -0.25) is 9.59 Å². The Hall–Kier alpha value is -1.88. The molecule has 0 aliphatic rings. The Labute approximate surface area is 126 Å². The predicted octanol–water partition coefficient (Wildman–Crippen LogP) is 1.48. The molecule has 1 rings (SSSR count). The van der Waals surface area contributed by atoms with E-state index in [4.69, 9.17) is 4.74 Å². The van der Waals surface area contributed by atoms with E-state index in [0.29, 0.717) is 13.0 Å². The fraction of sp³-hybridized carbons (Fsp3) is 0.500. The maximum Gasteiger partial charge on any atom is 0.245 e. The van der Waals surface area contributed by atoms with Crippen LogP contribution in [-0.4, -0.2) is 31.6 Å². The molecular formula is C16H24N2O3. The average Bonchev–Trinajstić information content (AvgIpc) is 2.44. The summed E-state index contributed by atoms with van der Waals surface area (Å²) in [5.74, 6) is -0.125. The lowest BCUT2D eigenvalue weighted by molar-refractivity contribution is -0.130. The van der Waals surface area contributed by atoms with Gasteiger partial charge in [-0.25, -0.2) is 0 Å². The molecular weight excluding hydrogens is 268 g/mol. The van der Waals surface area contributed by atoms with Crippen molar-refractivity contribution in [3.8, 4) is 0 Å². The zero-order valence-corrected chi connectivity index (χ0v) is 12.9. The highest BCUT2D eigenvalue weighted by Gasteiger charge is 2.20. The molecule has 21 heavy (non-hydrogen) atoms. The first-order valence-corrected chi connectivity index (χ1v) is 7.13. The van der Waals surface area contributed by atoms with Crippen LogP contribution in [0.2, 0.25) is 0 Å². The maximum absolute atomic E-state index is 12.1. The molecule has 0 spiro atoms. The average molecular weight is 292 g/mol. The second kappa shape index (κ2) is 9.13. The minimum Gasteiger partial charge on any atom is -0.382 e. The molecule has 2 amide bonds. The molecule has 1 aromatic carbocycles. The Morgan fingerprint density at radius 2 is 1.86 bits per heavy atom. The summed E-state index contributed by atoms with van der Waals surface area (Å²) in [4.78, 5) is 23.9. The Kier molecular flexibility index (Phi) is 7.46. The summed E-state index contributed by atoms with van der Waals surface area (Å²) < 4.78 is 5.01. The van der Waals surface area contributed by atoms with E-state index in [0.717, 1.165) is 5.56 Å². The van der Waals surface area contributed by atoms with Crippen LogP contribution in [0, 0.1) is 5.92 Å². The van der Waals surface area contributed by atoms with Crippen LogP contribution in [0.3, 0.4) is 0 Å². The van der Waals surface area contributed by atoms with Gasteiger partial charge in [0.2, 0.25) is 11.8 Å². The molecule has 1 aromatic rings. The van der Waals surface area contributed by atoms with Gasteiger partial charge in [-0.1, -0.05) is 44.2 Å². The van der Waals surface area contributed by atoms with Gasteiger partial charge in [-0.15, -0.1) is 0 Å². The van der Waals surface area contributed by atoms with Gasteiger partial charge in [0, 0.05) is 20.1 Å². The number of carbonyl (C=O) groups is 2. The third kappa shape index (κ3) is 6.90. The zero-order valence-electron chi connectivity index (χ0n) is 12.9. The van der Waals surface area contributed by atoms with Crippen LogP contribution in [0.15, 0.2) is 30.3 Å². The van der Waals surface area contributed by atoms with Crippen molar-refractivity contribution in [3.05, 3.63) is 35.9 Å². The minimum absolute atomic E-state index is 0.137. The molecule has 0 aliphatic heterocycles. The van der Waals surface area contributed by atoms with Gasteiger partial charge in [0.25, 0.3) is 0 Å². The molecule has 0 aliphatic carbocycles.